The number of hydrogen-bond donors (Lipinski definition) is 0. The zero-order valence-electron chi connectivity index (χ0n) is 24.6. The van der Waals surface area contributed by atoms with Gasteiger partial charge in [0.2, 0.25) is 0 Å². The normalized spacial score (nSPS) is 19.6. The van der Waals surface area contributed by atoms with Gasteiger partial charge < -0.3 is 0 Å². The largest absolute Gasteiger partial charge is 0.134 e. The van der Waals surface area contributed by atoms with Crippen LogP contribution in [0.2, 0.25) is 0 Å². The van der Waals surface area contributed by atoms with Gasteiger partial charge in [-0.05, 0) is 73.0 Å². The Labute approximate surface area is 266 Å². The smallest absolute Gasteiger partial charge is 0.0446 e. The molecule has 4 aliphatic rings. The van der Waals surface area contributed by atoms with E-state index in [-0.39, 0.29) is 0 Å². The van der Waals surface area contributed by atoms with E-state index in [0.29, 0.717) is 11.8 Å². The molecule has 6 aromatic rings. The van der Waals surface area contributed by atoms with Gasteiger partial charge in [-0.2, -0.15) is 0 Å². The Kier molecular flexibility index (Phi) is 5.38. The van der Waals surface area contributed by atoms with Crippen LogP contribution < -0.4 is 0 Å². The molecule has 2 unspecified atom stereocenters. The summed E-state index contributed by atoms with van der Waals surface area (Å²) in [4.78, 5) is 0. The molecule has 10 rings (SSSR count). The summed E-state index contributed by atoms with van der Waals surface area (Å²) in [6.07, 6.45) is 20.8. The average Bonchev–Trinajstić information content (AvgIpc) is 3.50. The van der Waals surface area contributed by atoms with Crippen LogP contribution in [0.15, 0.2) is 180 Å². The summed E-state index contributed by atoms with van der Waals surface area (Å²) in [6.45, 7) is 0. The highest BCUT2D eigenvalue weighted by molar-refractivity contribution is 7.26. The summed E-state index contributed by atoms with van der Waals surface area (Å²) in [6, 6.07) is 38.2. The molecule has 210 valence electrons. The lowest BCUT2D eigenvalue weighted by atomic mass is 9.63. The van der Waals surface area contributed by atoms with Crippen molar-refractivity contribution >= 4 is 47.9 Å². The van der Waals surface area contributed by atoms with E-state index in [4.69, 9.17) is 0 Å². The third kappa shape index (κ3) is 3.65. The SMILES string of the molecule is C1=CC2=CC=C3C=CC(c4cccc(-c5c(-c6ccccc6)c6sc7ccccc7c6c6ccccc56)c4)=C4C=CC(=C1)C2C34. The lowest BCUT2D eigenvalue weighted by molar-refractivity contribution is 0.566. The molecule has 0 nitrogen and oxygen atoms in total. The highest BCUT2D eigenvalue weighted by atomic mass is 32.1. The van der Waals surface area contributed by atoms with Crippen LogP contribution in [-0.4, -0.2) is 0 Å². The van der Waals surface area contributed by atoms with Crippen LogP contribution in [0.1, 0.15) is 5.56 Å². The van der Waals surface area contributed by atoms with E-state index in [0.717, 1.165) is 0 Å². The summed E-state index contributed by atoms with van der Waals surface area (Å²) in [5, 5.41) is 5.32. The summed E-state index contributed by atoms with van der Waals surface area (Å²) < 4.78 is 2.69. The van der Waals surface area contributed by atoms with Gasteiger partial charge in [0.25, 0.3) is 0 Å². The topological polar surface area (TPSA) is 0 Å². The molecule has 0 spiro atoms. The maximum atomic E-state index is 2.44. The van der Waals surface area contributed by atoms with Gasteiger partial charge in [0, 0.05) is 37.6 Å². The Morgan fingerprint density at radius 2 is 1.16 bits per heavy atom. The summed E-state index contributed by atoms with van der Waals surface area (Å²) in [7, 11) is 0. The predicted octanol–water partition coefficient (Wildman–Crippen LogP) is 12.0. The minimum atomic E-state index is 0.366. The first-order valence-electron chi connectivity index (χ1n) is 15.8. The van der Waals surface area contributed by atoms with Gasteiger partial charge in [-0.25, -0.2) is 0 Å². The number of thiophene rings is 1. The van der Waals surface area contributed by atoms with Crippen LogP contribution in [-0.2, 0) is 0 Å². The summed E-state index contributed by atoms with van der Waals surface area (Å²) in [5.41, 5.74) is 13.4. The Balaban J connectivity index is 1.25. The molecule has 4 aliphatic carbocycles. The zero-order chi connectivity index (χ0) is 29.5. The second-order valence-electron chi connectivity index (χ2n) is 12.4. The molecule has 0 aliphatic heterocycles. The minimum absolute atomic E-state index is 0.366. The second kappa shape index (κ2) is 9.63. The second-order valence-corrected chi connectivity index (χ2v) is 13.4. The van der Waals surface area contributed by atoms with Crippen molar-refractivity contribution in [2.45, 2.75) is 0 Å². The molecular formula is C44H28S. The van der Waals surface area contributed by atoms with Crippen molar-refractivity contribution in [3.8, 4) is 22.3 Å². The third-order valence-electron chi connectivity index (χ3n) is 10.1. The fraction of sp³-hybridized carbons (Fsp3) is 0.0455. The van der Waals surface area contributed by atoms with Gasteiger partial charge in [-0.1, -0.05) is 146 Å². The van der Waals surface area contributed by atoms with Gasteiger partial charge in [-0.3, -0.25) is 0 Å². The summed E-state index contributed by atoms with van der Waals surface area (Å²) in [5.74, 6) is 0.771. The molecule has 0 radical (unpaired) electrons. The van der Waals surface area contributed by atoms with Crippen LogP contribution in [0.5, 0.6) is 0 Å². The number of fused-ring (bicyclic) bond motifs is 5. The molecule has 45 heavy (non-hydrogen) atoms. The van der Waals surface area contributed by atoms with Gasteiger partial charge in [0.15, 0.2) is 0 Å². The molecule has 0 amide bonds. The van der Waals surface area contributed by atoms with Gasteiger partial charge in [-0.15, -0.1) is 11.3 Å². The molecule has 1 aromatic heterocycles. The highest BCUT2D eigenvalue weighted by Crippen LogP contribution is 2.52. The standard InChI is InChI=1S/C44H28S/c1-2-10-27(11-3-1)42-41(34-16-4-5-17-35(34)43-37-18-6-7-19-38(37)45-44(42)43)32-15-9-14-31(26-32)33-24-22-30-21-20-28-12-8-13-29-23-25-36(33)40(30)39(28)29/h1-26,39-40H. The number of rotatable bonds is 3. The van der Waals surface area contributed by atoms with Crippen LogP contribution >= 0.6 is 11.3 Å². The maximum absolute atomic E-state index is 2.44. The minimum Gasteiger partial charge on any atom is -0.134 e. The number of hydrogen-bond acceptors (Lipinski definition) is 1. The van der Waals surface area contributed by atoms with Crippen molar-refractivity contribution in [2.75, 3.05) is 0 Å². The van der Waals surface area contributed by atoms with Crippen LogP contribution in [0.4, 0.5) is 0 Å². The molecule has 0 saturated heterocycles. The molecule has 1 heteroatoms. The first-order valence-corrected chi connectivity index (χ1v) is 16.6. The van der Waals surface area contributed by atoms with Crippen LogP contribution in [0, 0.1) is 11.8 Å². The van der Waals surface area contributed by atoms with Crippen molar-refractivity contribution in [2.24, 2.45) is 11.8 Å². The average molecular weight is 589 g/mol. The van der Waals surface area contributed by atoms with Gasteiger partial charge in [0.05, 0.1) is 0 Å². The third-order valence-corrected chi connectivity index (χ3v) is 11.3. The van der Waals surface area contributed by atoms with Crippen molar-refractivity contribution in [3.63, 3.8) is 0 Å². The number of allylic oxidation sites excluding steroid dienone is 14. The Bertz CT molecular complexity index is 2470. The number of benzene rings is 5. The molecule has 5 aromatic carbocycles. The van der Waals surface area contributed by atoms with Crippen LogP contribution in [0.25, 0.3) is 58.8 Å². The Morgan fingerprint density at radius 1 is 0.467 bits per heavy atom. The predicted molar refractivity (Wildman–Crippen MR) is 193 cm³/mol. The van der Waals surface area contributed by atoms with E-state index in [1.165, 1.54) is 86.6 Å². The highest BCUT2D eigenvalue weighted by Gasteiger charge is 2.38. The quantitative estimate of drug-likeness (QED) is 0.193. The molecule has 1 heterocycles. The molecule has 0 fully saturated rings. The Hall–Kier alpha value is -5.24. The van der Waals surface area contributed by atoms with E-state index in [2.05, 4.69) is 158 Å². The molecular weight excluding hydrogens is 561 g/mol. The lowest BCUT2D eigenvalue weighted by Gasteiger charge is -2.40. The fourth-order valence-electron chi connectivity index (χ4n) is 8.14. The van der Waals surface area contributed by atoms with E-state index < -0.39 is 0 Å². The molecule has 2 atom stereocenters. The fourth-order valence-corrected chi connectivity index (χ4v) is 9.44. The lowest BCUT2D eigenvalue weighted by Crippen LogP contribution is -2.29. The van der Waals surface area contributed by atoms with E-state index in [1.54, 1.807) is 0 Å². The first-order chi connectivity index (χ1) is 22.3. The van der Waals surface area contributed by atoms with E-state index in [1.807, 2.05) is 11.3 Å². The monoisotopic (exact) mass is 588 g/mol. The Morgan fingerprint density at radius 3 is 2.04 bits per heavy atom. The van der Waals surface area contributed by atoms with Crippen molar-refractivity contribution < 1.29 is 0 Å². The van der Waals surface area contributed by atoms with Gasteiger partial charge >= 0.3 is 0 Å². The summed E-state index contributed by atoms with van der Waals surface area (Å²) >= 11 is 1.92. The molecule has 0 saturated carbocycles. The van der Waals surface area contributed by atoms with Crippen LogP contribution in [0.3, 0.4) is 0 Å². The van der Waals surface area contributed by atoms with E-state index >= 15 is 0 Å². The van der Waals surface area contributed by atoms with Gasteiger partial charge in [0.1, 0.15) is 0 Å². The van der Waals surface area contributed by atoms with Crippen molar-refractivity contribution in [1.82, 2.24) is 0 Å². The molecule has 0 N–H and O–H groups in total. The van der Waals surface area contributed by atoms with Crippen molar-refractivity contribution in [3.05, 3.63) is 186 Å². The first kappa shape index (κ1) is 25.1. The van der Waals surface area contributed by atoms with Crippen molar-refractivity contribution in [1.29, 1.82) is 0 Å². The van der Waals surface area contributed by atoms with E-state index in [9.17, 15) is 0 Å². The maximum Gasteiger partial charge on any atom is 0.0446 e. The zero-order valence-corrected chi connectivity index (χ0v) is 25.4. The molecule has 0 bridgehead atoms.